The molecule has 0 fully saturated rings. The van der Waals surface area contributed by atoms with Crippen LogP contribution in [0.3, 0.4) is 0 Å². The molecule has 0 saturated carbocycles. The Labute approximate surface area is 104 Å². The van der Waals surface area contributed by atoms with Crippen LogP contribution in [0.25, 0.3) is 0 Å². The number of hydrogen-bond acceptors (Lipinski definition) is 2. The number of ether oxygens (including phenoxy) is 1. The van der Waals surface area contributed by atoms with Crippen LogP contribution in [0.1, 0.15) is 50.3 Å². The Morgan fingerprint density at radius 2 is 2.29 bits per heavy atom. The zero-order valence-corrected chi connectivity index (χ0v) is 10.8. The molecule has 2 nitrogen and oxygen atoms in total. The fourth-order valence-corrected chi connectivity index (χ4v) is 2.21. The Balaban J connectivity index is 2.05. The second-order valence-corrected chi connectivity index (χ2v) is 5.09. The topological polar surface area (TPSA) is 29.5 Å². The lowest BCUT2D eigenvalue weighted by Crippen LogP contribution is -2.11. The summed E-state index contributed by atoms with van der Waals surface area (Å²) in [5, 5.41) is 9.87. The van der Waals surface area contributed by atoms with E-state index in [-0.39, 0.29) is 6.10 Å². The van der Waals surface area contributed by atoms with Crippen molar-refractivity contribution in [2.45, 2.75) is 45.6 Å². The first-order valence-electron chi connectivity index (χ1n) is 6.64. The van der Waals surface area contributed by atoms with Crippen molar-refractivity contribution < 1.29 is 9.84 Å². The molecule has 1 N–H and O–H groups in total. The second-order valence-electron chi connectivity index (χ2n) is 5.09. The second kappa shape index (κ2) is 5.54. The van der Waals surface area contributed by atoms with Crippen LogP contribution in [-0.2, 0) is 6.42 Å². The Kier molecular flexibility index (Phi) is 4.06. The van der Waals surface area contributed by atoms with Gasteiger partial charge in [0.05, 0.1) is 12.7 Å². The van der Waals surface area contributed by atoms with Crippen LogP contribution in [0, 0.1) is 5.92 Å². The standard InChI is InChI=1S/C15H22O2/c1-3-11(2)10-17-13-7-8-14-12(9-13)5-4-6-15(14)16/h7-9,11,15-16H,3-6,10H2,1-2H3. The van der Waals surface area contributed by atoms with Gasteiger partial charge in [-0.3, -0.25) is 0 Å². The van der Waals surface area contributed by atoms with Gasteiger partial charge in [-0.25, -0.2) is 0 Å². The maximum absolute atomic E-state index is 9.87. The van der Waals surface area contributed by atoms with Gasteiger partial charge in [-0.1, -0.05) is 26.3 Å². The first-order valence-corrected chi connectivity index (χ1v) is 6.64. The summed E-state index contributed by atoms with van der Waals surface area (Å²) >= 11 is 0. The van der Waals surface area contributed by atoms with E-state index in [1.54, 1.807) is 0 Å². The predicted molar refractivity (Wildman–Crippen MR) is 69.3 cm³/mol. The fraction of sp³-hybridized carbons (Fsp3) is 0.600. The summed E-state index contributed by atoms with van der Waals surface area (Å²) in [5.41, 5.74) is 2.34. The molecule has 0 saturated heterocycles. The van der Waals surface area contributed by atoms with E-state index in [1.807, 2.05) is 12.1 Å². The highest BCUT2D eigenvalue weighted by Gasteiger charge is 2.18. The van der Waals surface area contributed by atoms with Gasteiger partial charge in [0.2, 0.25) is 0 Å². The fourth-order valence-electron chi connectivity index (χ4n) is 2.21. The Morgan fingerprint density at radius 3 is 3.06 bits per heavy atom. The Bertz CT molecular complexity index is 373. The van der Waals surface area contributed by atoms with Gasteiger partial charge in [-0.2, -0.15) is 0 Å². The quantitative estimate of drug-likeness (QED) is 0.864. The van der Waals surface area contributed by atoms with Gasteiger partial charge in [0.15, 0.2) is 0 Å². The van der Waals surface area contributed by atoms with Gasteiger partial charge in [-0.15, -0.1) is 0 Å². The average Bonchev–Trinajstić information content (AvgIpc) is 2.36. The molecular formula is C15H22O2. The zero-order valence-electron chi connectivity index (χ0n) is 10.8. The molecule has 0 amide bonds. The van der Waals surface area contributed by atoms with Crippen LogP contribution in [-0.4, -0.2) is 11.7 Å². The van der Waals surface area contributed by atoms with Crippen LogP contribution in [0.4, 0.5) is 0 Å². The Hall–Kier alpha value is -1.02. The molecule has 2 rings (SSSR count). The number of rotatable bonds is 4. The minimum absolute atomic E-state index is 0.276. The number of hydrogen-bond donors (Lipinski definition) is 1. The van der Waals surface area contributed by atoms with E-state index < -0.39 is 0 Å². The highest BCUT2D eigenvalue weighted by atomic mass is 16.5. The van der Waals surface area contributed by atoms with E-state index >= 15 is 0 Å². The SMILES string of the molecule is CCC(C)COc1ccc2c(c1)CCCC2O. The molecular weight excluding hydrogens is 212 g/mol. The van der Waals surface area contributed by atoms with E-state index in [9.17, 15) is 5.11 Å². The van der Waals surface area contributed by atoms with Gasteiger partial charge in [0, 0.05) is 0 Å². The first-order chi connectivity index (χ1) is 8.20. The highest BCUT2D eigenvalue weighted by molar-refractivity contribution is 5.38. The molecule has 94 valence electrons. The molecule has 1 aromatic carbocycles. The summed E-state index contributed by atoms with van der Waals surface area (Å²) in [6.07, 6.45) is 3.89. The van der Waals surface area contributed by atoms with Crippen LogP contribution in [0.2, 0.25) is 0 Å². The normalized spacial score (nSPS) is 20.8. The molecule has 2 unspecified atom stereocenters. The van der Waals surface area contributed by atoms with E-state index in [0.29, 0.717) is 5.92 Å². The predicted octanol–water partition coefficient (Wildman–Crippen LogP) is 3.48. The largest absolute Gasteiger partial charge is 0.493 e. The van der Waals surface area contributed by atoms with Crippen molar-refractivity contribution in [2.75, 3.05) is 6.61 Å². The molecule has 2 heteroatoms. The smallest absolute Gasteiger partial charge is 0.119 e. The number of aryl methyl sites for hydroxylation is 1. The molecule has 0 radical (unpaired) electrons. The summed E-state index contributed by atoms with van der Waals surface area (Å²) in [6, 6.07) is 6.10. The third kappa shape index (κ3) is 3.01. The molecule has 1 aliphatic rings. The molecule has 0 aromatic heterocycles. The van der Waals surface area contributed by atoms with Crippen molar-refractivity contribution in [3.63, 3.8) is 0 Å². The van der Waals surface area contributed by atoms with Crippen molar-refractivity contribution in [3.05, 3.63) is 29.3 Å². The van der Waals surface area contributed by atoms with Crippen LogP contribution in [0.5, 0.6) is 5.75 Å². The molecule has 1 aromatic rings. The maximum atomic E-state index is 9.87. The number of benzene rings is 1. The summed E-state index contributed by atoms with van der Waals surface area (Å²) in [4.78, 5) is 0. The van der Waals surface area contributed by atoms with Gasteiger partial charge in [0.1, 0.15) is 5.75 Å². The lowest BCUT2D eigenvalue weighted by atomic mass is 9.89. The van der Waals surface area contributed by atoms with Gasteiger partial charge in [-0.05, 0) is 48.4 Å². The van der Waals surface area contributed by atoms with Gasteiger partial charge >= 0.3 is 0 Å². The van der Waals surface area contributed by atoms with Gasteiger partial charge < -0.3 is 9.84 Å². The van der Waals surface area contributed by atoms with Crippen molar-refractivity contribution in [3.8, 4) is 5.75 Å². The van der Waals surface area contributed by atoms with Crippen molar-refractivity contribution in [1.29, 1.82) is 0 Å². The molecule has 17 heavy (non-hydrogen) atoms. The van der Waals surface area contributed by atoms with E-state index in [4.69, 9.17) is 4.74 Å². The molecule has 0 bridgehead atoms. The molecule has 2 atom stereocenters. The summed E-state index contributed by atoms with van der Waals surface area (Å²) < 4.78 is 5.78. The summed E-state index contributed by atoms with van der Waals surface area (Å²) in [6.45, 7) is 5.15. The summed E-state index contributed by atoms with van der Waals surface area (Å²) in [7, 11) is 0. The van der Waals surface area contributed by atoms with Crippen LogP contribution >= 0.6 is 0 Å². The van der Waals surface area contributed by atoms with Crippen LogP contribution < -0.4 is 4.74 Å². The molecule has 0 spiro atoms. The van der Waals surface area contributed by atoms with Crippen molar-refractivity contribution in [1.82, 2.24) is 0 Å². The minimum Gasteiger partial charge on any atom is -0.493 e. The lowest BCUT2D eigenvalue weighted by Gasteiger charge is -2.22. The number of fused-ring (bicyclic) bond motifs is 1. The van der Waals surface area contributed by atoms with Gasteiger partial charge in [0.25, 0.3) is 0 Å². The monoisotopic (exact) mass is 234 g/mol. The maximum Gasteiger partial charge on any atom is 0.119 e. The van der Waals surface area contributed by atoms with E-state index in [0.717, 1.165) is 43.6 Å². The average molecular weight is 234 g/mol. The first kappa shape index (κ1) is 12.4. The van der Waals surface area contributed by atoms with Crippen LogP contribution in [0.15, 0.2) is 18.2 Å². The third-order valence-electron chi connectivity index (χ3n) is 3.63. The number of aliphatic hydroxyl groups excluding tert-OH is 1. The third-order valence-corrected chi connectivity index (χ3v) is 3.63. The molecule has 0 aliphatic heterocycles. The Morgan fingerprint density at radius 1 is 1.47 bits per heavy atom. The number of aliphatic hydroxyl groups is 1. The summed E-state index contributed by atoms with van der Waals surface area (Å²) in [5.74, 6) is 1.54. The molecule has 1 aliphatic carbocycles. The highest BCUT2D eigenvalue weighted by Crippen LogP contribution is 2.32. The minimum atomic E-state index is -0.276. The van der Waals surface area contributed by atoms with Crippen molar-refractivity contribution in [2.24, 2.45) is 5.92 Å². The van der Waals surface area contributed by atoms with E-state index in [2.05, 4.69) is 19.9 Å². The van der Waals surface area contributed by atoms with E-state index in [1.165, 1.54) is 5.56 Å². The zero-order chi connectivity index (χ0) is 12.3. The molecule has 0 heterocycles. The van der Waals surface area contributed by atoms with Crippen molar-refractivity contribution >= 4 is 0 Å². The lowest BCUT2D eigenvalue weighted by molar-refractivity contribution is 0.156.